The van der Waals surface area contributed by atoms with Crippen LogP contribution in [0, 0.1) is 0 Å². The van der Waals surface area contributed by atoms with Gasteiger partial charge in [-0.05, 0) is 6.42 Å². The molecule has 5 nitrogen and oxygen atoms in total. The Hall–Kier alpha value is -1.26. The average Bonchev–Trinajstić information content (AvgIpc) is 1.82. The minimum Gasteiger partial charge on any atom is -0.465 e. The Kier molecular flexibility index (Phi) is 2.21. The Labute approximate surface area is 70.6 Å². The molecule has 0 unspecified atom stereocenters. The van der Waals surface area contributed by atoms with Crippen molar-refractivity contribution in [3.63, 3.8) is 0 Å². The number of carbonyl (C=O) groups excluding carboxylic acids is 1. The molecular weight excluding hydrogens is 160 g/mol. The third-order valence-electron chi connectivity index (χ3n) is 1.99. The van der Waals surface area contributed by atoms with Crippen molar-refractivity contribution in [1.29, 1.82) is 0 Å². The van der Waals surface area contributed by atoms with Gasteiger partial charge in [0.15, 0.2) is 0 Å². The van der Waals surface area contributed by atoms with Gasteiger partial charge in [0.25, 0.3) is 0 Å². The highest BCUT2D eigenvalue weighted by Gasteiger charge is 2.38. The number of carbonyl (C=O) groups is 2. The fourth-order valence-electron chi connectivity index (χ4n) is 1.17. The largest absolute Gasteiger partial charge is 0.465 e. The first-order valence-corrected chi connectivity index (χ1v) is 3.74. The number of likely N-dealkylation sites (tertiary alicyclic amines) is 1. The van der Waals surface area contributed by atoms with Crippen LogP contribution in [0.1, 0.15) is 6.42 Å². The molecule has 0 radical (unpaired) electrons. The van der Waals surface area contributed by atoms with Crippen molar-refractivity contribution in [1.82, 2.24) is 9.80 Å². The molecule has 0 aliphatic carbocycles. The zero-order chi connectivity index (χ0) is 9.30. The van der Waals surface area contributed by atoms with E-state index < -0.39 is 12.1 Å². The van der Waals surface area contributed by atoms with Gasteiger partial charge in [0.1, 0.15) is 6.04 Å². The molecule has 68 valence electrons. The minimum absolute atomic E-state index is 0.136. The maximum Gasteiger partial charge on any atom is 0.407 e. The maximum absolute atomic E-state index is 11.3. The Morgan fingerprint density at radius 3 is 2.33 bits per heavy atom. The molecule has 1 N–H and O–H groups in total. The predicted octanol–water partition coefficient (Wildman–Crippen LogP) is -0.173. The molecule has 0 aromatic carbocycles. The summed E-state index contributed by atoms with van der Waals surface area (Å²) < 4.78 is 0. The summed E-state index contributed by atoms with van der Waals surface area (Å²) in [5.41, 5.74) is 0. The zero-order valence-electron chi connectivity index (χ0n) is 7.15. The van der Waals surface area contributed by atoms with Crippen molar-refractivity contribution in [2.24, 2.45) is 0 Å². The van der Waals surface area contributed by atoms with E-state index in [1.54, 1.807) is 14.1 Å². The monoisotopic (exact) mass is 172 g/mol. The van der Waals surface area contributed by atoms with E-state index in [0.717, 1.165) is 4.90 Å². The molecule has 2 amide bonds. The van der Waals surface area contributed by atoms with Crippen molar-refractivity contribution >= 4 is 12.0 Å². The van der Waals surface area contributed by atoms with Gasteiger partial charge in [0.2, 0.25) is 5.91 Å². The van der Waals surface area contributed by atoms with Crippen LogP contribution in [0.25, 0.3) is 0 Å². The molecule has 0 aromatic heterocycles. The number of hydrogen-bond donors (Lipinski definition) is 1. The summed E-state index contributed by atoms with van der Waals surface area (Å²) in [4.78, 5) is 24.3. The van der Waals surface area contributed by atoms with Crippen LogP contribution in [0.4, 0.5) is 4.79 Å². The predicted molar refractivity (Wildman–Crippen MR) is 41.8 cm³/mol. The van der Waals surface area contributed by atoms with Gasteiger partial charge in [-0.2, -0.15) is 0 Å². The summed E-state index contributed by atoms with van der Waals surface area (Å²) in [6.45, 7) is 0.472. The molecule has 1 heterocycles. The molecule has 1 aliphatic rings. The van der Waals surface area contributed by atoms with Crippen molar-refractivity contribution in [3.05, 3.63) is 0 Å². The molecule has 12 heavy (non-hydrogen) atoms. The molecule has 1 saturated heterocycles. The summed E-state index contributed by atoms with van der Waals surface area (Å²) in [6, 6.07) is -0.447. The van der Waals surface area contributed by atoms with Crippen LogP contribution in [0.15, 0.2) is 0 Å². The molecule has 0 aromatic rings. The van der Waals surface area contributed by atoms with Gasteiger partial charge in [0.05, 0.1) is 0 Å². The Morgan fingerprint density at radius 1 is 1.50 bits per heavy atom. The molecule has 1 aliphatic heterocycles. The van der Waals surface area contributed by atoms with Crippen molar-refractivity contribution in [2.45, 2.75) is 12.5 Å². The summed E-state index contributed by atoms with van der Waals surface area (Å²) >= 11 is 0. The lowest BCUT2D eigenvalue weighted by Gasteiger charge is -2.38. The van der Waals surface area contributed by atoms with E-state index in [1.807, 2.05) is 0 Å². The van der Waals surface area contributed by atoms with Gasteiger partial charge in [-0.3, -0.25) is 9.69 Å². The SMILES string of the molecule is CN(C)C(=O)[C@@H]1CCN1C(=O)O. The average molecular weight is 172 g/mol. The molecule has 0 bridgehead atoms. The normalized spacial score (nSPS) is 21.5. The Morgan fingerprint density at radius 2 is 2.08 bits per heavy atom. The summed E-state index contributed by atoms with van der Waals surface area (Å²) in [6.07, 6.45) is -0.370. The molecule has 1 fully saturated rings. The van der Waals surface area contributed by atoms with E-state index in [9.17, 15) is 9.59 Å². The van der Waals surface area contributed by atoms with Gasteiger partial charge in [-0.1, -0.05) is 0 Å². The molecular formula is C7H12N2O3. The lowest BCUT2D eigenvalue weighted by molar-refractivity contribution is -0.137. The highest BCUT2D eigenvalue weighted by Crippen LogP contribution is 2.18. The summed E-state index contributed by atoms with van der Waals surface area (Å²) in [7, 11) is 3.25. The van der Waals surface area contributed by atoms with Crippen molar-refractivity contribution in [3.8, 4) is 0 Å². The second kappa shape index (κ2) is 3.00. The second-order valence-electron chi connectivity index (χ2n) is 3.01. The van der Waals surface area contributed by atoms with Crippen LogP contribution in [-0.2, 0) is 4.79 Å². The van der Waals surface area contributed by atoms with Gasteiger partial charge in [-0.25, -0.2) is 4.79 Å². The zero-order valence-corrected chi connectivity index (χ0v) is 7.15. The van der Waals surface area contributed by atoms with Crippen molar-refractivity contribution < 1.29 is 14.7 Å². The fourth-order valence-corrected chi connectivity index (χ4v) is 1.17. The van der Waals surface area contributed by atoms with Gasteiger partial charge < -0.3 is 10.0 Å². The summed E-state index contributed by atoms with van der Waals surface area (Å²) in [5, 5.41) is 8.59. The highest BCUT2D eigenvalue weighted by molar-refractivity contribution is 5.86. The standard InChI is InChI=1S/C7H12N2O3/c1-8(2)6(10)5-3-4-9(5)7(11)12/h5H,3-4H2,1-2H3,(H,11,12)/t5-/m0/s1. The van der Waals surface area contributed by atoms with Crippen LogP contribution < -0.4 is 0 Å². The first-order valence-electron chi connectivity index (χ1n) is 3.74. The number of nitrogens with zero attached hydrogens (tertiary/aromatic N) is 2. The summed E-state index contributed by atoms with van der Waals surface area (Å²) in [5.74, 6) is -0.136. The number of carboxylic acid groups (broad SMARTS) is 1. The molecule has 0 spiro atoms. The fraction of sp³-hybridized carbons (Fsp3) is 0.714. The smallest absolute Gasteiger partial charge is 0.407 e. The second-order valence-corrected chi connectivity index (χ2v) is 3.01. The lowest BCUT2D eigenvalue weighted by Crippen LogP contribution is -2.57. The van der Waals surface area contributed by atoms with Crippen LogP contribution in [0.3, 0.4) is 0 Å². The first-order chi connectivity index (χ1) is 5.54. The van der Waals surface area contributed by atoms with Crippen LogP contribution >= 0.6 is 0 Å². The van der Waals surface area contributed by atoms with Crippen molar-refractivity contribution in [2.75, 3.05) is 20.6 Å². The number of rotatable bonds is 1. The Balaban J connectivity index is 2.55. The van der Waals surface area contributed by atoms with E-state index in [4.69, 9.17) is 5.11 Å². The van der Waals surface area contributed by atoms with Crippen LogP contribution in [0.2, 0.25) is 0 Å². The number of amides is 2. The highest BCUT2D eigenvalue weighted by atomic mass is 16.4. The third-order valence-corrected chi connectivity index (χ3v) is 1.99. The lowest BCUT2D eigenvalue weighted by atomic mass is 10.0. The third kappa shape index (κ3) is 1.34. The first kappa shape index (κ1) is 8.83. The van der Waals surface area contributed by atoms with Crippen LogP contribution in [-0.4, -0.2) is 53.6 Å². The van der Waals surface area contributed by atoms with Crippen LogP contribution in [0.5, 0.6) is 0 Å². The van der Waals surface area contributed by atoms with E-state index >= 15 is 0 Å². The molecule has 1 rings (SSSR count). The minimum atomic E-state index is -1.01. The molecule has 0 saturated carbocycles. The van der Waals surface area contributed by atoms with E-state index in [0.29, 0.717) is 13.0 Å². The number of hydrogen-bond acceptors (Lipinski definition) is 2. The van der Waals surface area contributed by atoms with Gasteiger partial charge in [0, 0.05) is 20.6 Å². The van der Waals surface area contributed by atoms with E-state index in [2.05, 4.69) is 0 Å². The molecule has 1 atom stereocenters. The van der Waals surface area contributed by atoms with Gasteiger partial charge >= 0.3 is 6.09 Å². The van der Waals surface area contributed by atoms with E-state index in [-0.39, 0.29) is 5.91 Å². The number of likely N-dealkylation sites (N-methyl/N-ethyl adjacent to an activating group) is 1. The van der Waals surface area contributed by atoms with E-state index in [1.165, 1.54) is 4.90 Å². The molecule has 5 heteroatoms. The van der Waals surface area contributed by atoms with Gasteiger partial charge in [-0.15, -0.1) is 0 Å². The Bertz CT molecular complexity index is 215. The maximum atomic E-state index is 11.3. The topological polar surface area (TPSA) is 60.9 Å². The quantitative estimate of drug-likeness (QED) is 0.597.